The van der Waals surface area contributed by atoms with E-state index in [1.807, 2.05) is 0 Å². The van der Waals surface area contributed by atoms with Crippen molar-refractivity contribution in [3.63, 3.8) is 0 Å². The minimum absolute atomic E-state index is 0.169. The molecule has 314 valence electrons. The number of unbranched alkanes of at least 4 members (excludes halogenated alkanes) is 27. The lowest BCUT2D eigenvalue weighted by Crippen LogP contribution is -2.34. The third-order valence-electron chi connectivity index (χ3n) is 9.61. The number of carboxylic acid groups (broad SMARTS) is 1. The van der Waals surface area contributed by atoms with Crippen molar-refractivity contribution in [3.05, 3.63) is 0 Å². The molecule has 0 rings (SSSR count). The van der Waals surface area contributed by atoms with Crippen LogP contribution in [0.2, 0.25) is 0 Å². The van der Waals surface area contributed by atoms with Crippen LogP contribution in [0.3, 0.4) is 0 Å². The van der Waals surface area contributed by atoms with E-state index >= 15 is 0 Å². The average molecular weight is 778 g/mol. The third kappa shape index (κ3) is 37.2. The van der Waals surface area contributed by atoms with E-state index in [4.69, 9.17) is 24.8 Å². The second-order valence-electron chi connectivity index (χ2n) is 14.8. The summed E-state index contributed by atoms with van der Waals surface area (Å²) in [5.41, 5.74) is 5.33. The fourth-order valence-corrected chi connectivity index (χ4v) is 6.96. The number of carbonyl (C=O) groups excluding carboxylic acids is 2. The van der Waals surface area contributed by atoms with Crippen molar-refractivity contribution in [2.75, 3.05) is 19.8 Å². The Morgan fingerprint density at radius 1 is 0.509 bits per heavy atom. The van der Waals surface area contributed by atoms with Crippen LogP contribution in [0.1, 0.15) is 213 Å². The Bertz CT molecular complexity index is 921. The maximum atomic E-state index is 12.6. The Morgan fingerprint density at radius 2 is 0.830 bits per heavy atom. The number of ether oxygens (including phenoxy) is 2. The third-order valence-corrected chi connectivity index (χ3v) is 10.6. The Hall–Kier alpha value is -1.52. The highest BCUT2D eigenvalue weighted by Gasteiger charge is 2.28. The van der Waals surface area contributed by atoms with E-state index in [0.29, 0.717) is 12.8 Å². The Morgan fingerprint density at radius 3 is 1.19 bits per heavy atom. The molecule has 53 heavy (non-hydrogen) atoms. The quantitative estimate of drug-likeness (QED) is 0.0306. The van der Waals surface area contributed by atoms with E-state index in [1.54, 1.807) is 0 Å². The van der Waals surface area contributed by atoms with E-state index in [1.165, 1.54) is 135 Å². The summed E-state index contributed by atoms with van der Waals surface area (Å²) in [5.74, 6) is -2.36. The van der Waals surface area contributed by atoms with Gasteiger partial charge in [0, 0.05) is 12.8 Å². The molecule has 0 fully saturated rings. The Kier molecular flexibility index (Phi) is 36.3. The summed E-state index contributed by atoms with van der Waals surface area (Å²) in [4.78, 5) is 45.9. The molecule has 0 aromatic carbocycles. The molecule has 11 nitrogen and oxygen atoms in total. The van der Waals surface area contributed by atoms with Crippen LogP contribution in [0.4, 0.5) is 0 Å². The molecule has 0 heterocycles. The molecule has 3 unspecified atom stereocenters. The van der Waals surface area contributed by atoms with Crippen molar-refractivity contribution in [3.8, 4) is 0 Å². The van der Waals surface area contributed by atoms with E-state index in [9.17, 15) is 23.8 Å². The number of esters is 2. The van der Waals surface area contributed by atoms with Gasteiger partial charge in [-0.25, -0.2) is 4.57 Å². The van der Waals surface area contributed by atoms with Gasteiger partial charge in [0.1, 0.15) is 12.6 Å². The average Bonchev–Trinajstić information content (AvgIpc) is 3.13. The Labute approximate surface area is 323 Å². The summed E-state index contributed by atoms with van der Waals surface area (Å²) in [6.45, 7) is 2.83. The van der Waals surface area contributed by atoms with Crippen LogP contribution in [-0.4, -0.2) is 59.9 Å². The molecule has 0 amide bonds. The number of carboxylic acids is 1. The lowest BCUT2D eigenvalue weighted by molar-refractivity contribution is -0.161. The van der Waals surface area contributed by atoms with Gasteiger partial charge >= 0.3 is 25.7 Å². The van der Waals surface area contributed by atoms with Crippen LogP contribution >= 0.6 is 7.82 Å². The normalized spacial score (nSPS) is 13.7. The van der Waals surface area contributed by atoms with Gasteiger partial charge in [-0.3, -0.25) is 23.4 Å². The van der Waals surface area contributed by atoms with Crippen LogP contribution in [-0.2, 0) is 37.5 Å². The first-order chi connectivity index (χ1) is 25.6. The molecule has 0 saturated carbocycles. The van der Waals surface area contributed by atoms with Gasteiger partial charge in [-0.05, 0) is 12.8 Å². The van der Waals surface area contributed by atoms with Crippen molar-refractivity contribution < 1.29 is 47.5 Å². The number of carbonyl (C=O) groups is 3. The molecule has 3 atom stereocenters. The lowest BCUT2D eigenvalue weighted by atomic mass is 10.0. The van der Waals surface area contributed by atoms with E-state index in [2.05, 4.69) is 18.4 Å². The minimum Gasteiger partial charge on any atom is -0.480 e. The summed E-state index contributed by atoms with van der Waals surface area (Å²) in [6, 6.07) is -1.52. The molecule has 0 aliphatic heterocycles. The van der Waals surface area contributed by atoms with Crippen molar-refractivity contribution >= 4 is 25.7 Å². The first-order valence-electron chi connectivity index (χ1n) is 21.6. The van der Waals surface area contributed by atoms with Gasteiger partial charge in [-0.15, -0.1) is 0 Å². The van der Waals surface area contributed by atoms with Crippen LogP contribution in [0.15, 0.2) is 0 Å². The number of rotatable bonds is 41. The predicted molar refractivity (Wildman–Crippen MR) is 213 cm³/mol. The molecule has 0 aromatic heterocycles. The summed E-state index contributed by atoms with van der Waals surface area (Å²) in [7, 11) is -4.70. The zero-order valence-corrected chi connectivity index (χ0v) is 34.8. The molecule has 0 bridgehead atoms. The highest BCUT2D eigenvalue weighted by Crippen LogP contribution is 2.43. The molecule has 4 N–H and O–H groups in total. The molecule has 0 spiro atoms. The zero-order chi connectivity index (χ0) is 39.3. The largest absolute Gasteiger partial charge is 0.480 e. The van der Waals surface area contributed by atoms with Gasteiger partial charge < -0.3 is 25.2 Å². The van der Waals surface area contributed by atoms with Crippen LogP contribution < -0.4 is 5.73 Å². The van der Waals surface area contributed by atoms with Gasteiger partial charge in [0.25, 0.3) is 0 Å². The number of hydrogen-bond donors (Lipinski definition) is 3. The smallest absolute Gasteiger partial charge is 0.472 e. The number of aliphatic carboxylic acids is 1. The fourth-order valence-electron chi connectivity index (χ4n) is 6.18. The first kappa shape index (κ1) is 51.5. The van der Waals surface area contributed by atoms with Gasteiger partial charge in [0.2, 0.25) is 0 Å². The van der Waals surface area contributed by atoms with E-state index in [-0.39, 0.29) is 19.4 Å². The van der Waals surface area contributed by atoms with Crippen LogP contribution in [0, 0.1) is 0 Å². The minimum atomic E-state index is -4.70. The topological polar surface area (TPSA) is 172 Å². The molecule has 0 saturated heterocycles. The summed E-state index contributed by atoms with van der Waals surface area (Å²) < 4.78 is 32.7. The monoisotopic (exact) mass is 778 g/mol. The predicted octanol–water partition coefficient (Wildman–Crippen LogP) is 11.1. The highest BCUT2D eigenvalue weighted by molar-refractivity contribution is 7.47. The van der Waals surface area contributed by atoms with E-state index < -0.39 is 51.1 Å². The summed E-state index contributed by atoms with van der Waals surface area (Å²) >= 11 is 0. The van der Waals surface area contributed by atoms with Gasteiger partial charge in [-0.2, -0.15) is 0 Å². The van der Waals surface area contributed by atoms with Crippen LogP contribution in [0.25, 0.3) is 0 Å². The van der Waals surface area contributed by atoms with Crippen molar-refractivity contribution in [2.45, 2.75) is 225 Å². The number of phosphoric acid groups is 1. The SMILES string of the molecule is CCCCCCCCCCCCCCCCCCC(=O)OC(COC(=O)CCCCCCCCCCCCCCC)COP(=O)(O)OCC(N)C(=O)O. The second kappa shape index (κ2) is 37.4. The maximum absolute atomic E-state index is 12.6. The molecule has 0 radical (unpaired) electrons. The maximum Gasteiger partial charge on any atom is 0.472 e. The summed E-state index contributed by atoms with van der Waals surface area (Å²) in [5, 5.41) is 8.88. The Balaban J connectivity index is 4.32. The van der Waals surface area contributed by atoms with Gasteiger partial charge in [0.15, 0.2) is 6.10 Å². The first-order valence-corrected chi connectivity index (χ1v) is 23.1. The van der Waals surface area contributed by atoms with Crippen molar-refractivity contribution in [1.82, 2.24) is 0 Å². The number of nitrogens with two attached hydrogens (primary N) is 1. The lowest BCUT2D eigenvalue weighted by Gasteiger charge is -2.20. The molecular weight excluding hydrogens is 697 g/mol. The van der Waals surface area contributed by atoms with Crippen molar-refractivity contribution in [2.24, 2.45) is 5.73 Å². The standard InChI is InChI=1S/C41H80NO10P/c1-3-5-7-9-11-13-15-17-18-19-21-23-25-27-29-31-33-40(44)52-37(35-50-53(47,48)51-36-38(42)41(45)46)34-49-39(43)32-30-28-26-24-22-20-16-14-12-10-8-6-4-2/h37-38H,3-36,42H2,1-2H3,(H,45,46)(H,47,48). The van der Waals surface area contributed by atoms with Gasteiger partial charge in [0.05, 0.1) is 13.2 Å². The fraction of sp³-hybridized carbons (Fsp3) is 0.927. The molecular formula is C41H80NO10P. The zero-order valence-electron chi connectivity index (χ0n) is 33.9. The number of phosphoric ester groups is 1. The molecule has 12 heteroatoms. The second-order valence-corrected chi connectivity index (χ2v) is 16.3. The number of hydrogen-bond acceptors (Lipinski definition) is 9. The van der Waals surface area contributed by atoms with Gasteiger partial charge in [-0.1, -0.05) is 187 Å². The van der Waals surface area contributed by atoms with Crippen molar-refractivity contribution in [1.29, 1.82) is 0 Å². The molecule has 0 aliphatic carbocycles. The van der Waals surface area contributed by atoms with E-state index in [0.717, 1.165) is 38.5 Å². The summed E-state index contributed by atoms with van der Waals surface area (Å²) in [6.07, 6.45) is 34.5. The molecule has 0 aliphatic rings. The molecule has 0 aromatic rings. The highest BCUT2D eigenvalue weighted by atomic mass is 31.2. The van der Waals surface area contributed by atoms with Crippen LogP contribution in [0.5, 0.6) is 0 Å².